The quantitative estimate of drug-likeness (QED) is 0.787. The van der Waals surface area contributed by atoms with Gasteiger partial charge in [0, 0.05) is 6.54 Å². The van der Waals surface area contributed by atoms with Crippen LogP contribution in [0, 0.1) is 5.82 Å². The second kappa shape index (κ2) is 5.27. The molecule has 3 nitrogen and oxygen atoms in total. The third kappa shape index (κ3) is 3.03. The number of carbonyl (C=O) groups excluding carboxylic acids is 1. The van der Waals surface area contributed by atoms with Gasteiger partial charge in [0.15, 0.2) is 0 Å². The maximum absolute atomic E-state index is 12.7. The summed E-state index contributed by atoms with van der Waals surface area (Å²) in [6, 6.07) is 6.03. The second-order valence-corrected chi connectivity index (χ2v) is 4.21. The Kier molecular flexibility index (Phi) is 3.74. The highest BCUT2D eigenvalue weighted by Crippen LogP contribution is 2.12. The van der Waals surface area contributed by atoms with Crippen molar-refractivity contribution in [3.63, 3.8) is 0 Å². The molecule has 1 fully saturated rings. The van der Waals surface area contributed by atoms with E-state index in [2.05, 4.69) is 0 Å². The number of hydrogen-bond donors (Lipinski definition) is 0. The Morgan fingerprint density at radius 1 is 1.47 bits per heavy atom. The Morgan fingerprint density at radius 2 is 2.18 bits per heavy atom. The Balaban J connectivity index is 1.98. The first-order chi connectivity index (χ1) is 8.16. The molecule has 0 saturated carbocycles. The maximum Gasteiger partial charge on any atom is 0.229 e. The standard InChI is InChI=1S/C13H16FNO2/c1-10-15(7-2-8-17-10)13(16)9-11-3-5-12(14)6-4-11/h3-6,10H,2,7-9H2,1H3. The molecule has 0 bridgehead atoms. The molecule has 1 heterocycles. The van der Waals surface area contributed by atoms with E-state index in [4.69, 9.17) is 4.74 Å². The summed E-state index contributed by atoms with van der Waals surface area (Å²) in [5, 5.41) is 0. The number of halogens is 1. The van der Waals surface area contributed by atoms with Gasteiger partial charge in [-0.15, -0.1) is 0 Å². The number of amides is 1. The van der Waals surface area contributed by atoms with E-state index in [9.17, 15) is 9.18 Å². The first kappa shape index (κ1) is 12.0. The Morgan fingerprint density at radius 3 is 2.82 bits per heavy atom. The van der Waals surface area contributed by atoms with Gasteiger partial charge in [0.1, 0.15) is 12.0 Å². The molecule has 1 aliphatic rings. The largest absolute Gasteiger partial charge is 0.359 e. The molecule has 17 heavy (non-hydrogen) atoms. The number of hydrogen-bond acceptors (Lipinski definition) is 2. The van der Waals surface area contributed by atoms with Crippen LogP contribution in [0.3, 0.4) is 0 Å². The topological polar surface area (TPSA) is 29.5 Å². The average Bonchev–Trinajstić information content (AvgIpc) is 2.32. The van der Waals surface area contributed by atoms with Crippen molar-refractivity contribution in [1.29, 1.82) is 0 Å². The number of rotatable bonds is 2. The van der Waals surface area contributed by atoms with Gasteiger partial charge < -0.3 is 9.64 Å². The molecule has 0 aliphatic carbocycles. The van der Waals surface area contributed by atoms with Gasteiger partial charge >= 0.3 is 0 Å². The van der Waals surface area contributed by atoms with Crippen LogP contribution in [-0.2, 0) is 16.0 Å². The fourth-order valence-corrected chi connectivity index (χ4v) is 1.97. The summed E-state index contributed by atoms with van der Waals surface area (Å²) in [5.41, 5.74) is 0.828. The summed E-state index contributed by atoms with van der Waals surface area (Å²) in [5.74, 6) is -0.250. The fourth-order valence-electron chi connectivity index (χ4n) is 1.97. The summed E-state index contributed by atoms with van der Waals surface area (Å²) in [4.78, 5) is 13.7. The summed E-state index contributed by atoms with van der Waals surface area (Å²) in [6.45, 7) is 3.32. The summed E-state index contributed by atoms with van der Waals surface area (Å²) >= 11 is 0. The maximum atomic E-state index is 12.7. The summed E-state index contributed by atoms with van der Waals surface area (Å²) < 4.78 is 18.1. The first-order valence-electron chi connectivity index (χ1n) is 5.82. The molecule has 0 spiro atoms. The number of benzene rings is 1. The van der Waals surface area contributed by atoms with Crippen molar-refractivity contribution in [2.75, 3.05) is 13.2 Å². The molecule has 1 atom stereocenters. The van der Waals surface area contributed by atoms with E-state index < -0.39 is 0 Å². The van der Waals surface area contributed by atoms with Crippen LogP contribution in [0.4, 0.5) is 4.39 Å². The van der Waals surface area contributed by atoms with Crippen LogP contribution in [0.2, 0.25) is 0 Å². The number of carbonyl (C=O) groups is 1. The predicted octanol–water partition coefficient (Wildman–Crippen LogP) is 1.96. The molecule has 92 valence electrons. The Bertz CT molecular complexity index is 391. The smallest absolute Gasteiger partial charge is 0.229 e. The first-order valence-corrected chi connectivity index (χ1v) is 5.82. The van der Waals surface area contributed by atoms with E-state index in [0.29, 0.717) is 13.0 Å². The van der Waals surface area contributed by atoms with E-state index in [1.165, 1.54) is 12.1 Å². The van der Waals surface area contributed by atoms with Crippen LogP contribution < -0.4 is 0 Å². The van der Waals surface area contributed by atoms with Gasteiger partial charge in [0.05, 0.1) is 13.0 Å². The van der Waals surface area contributed by atoms with Crippen LogP contribution in [0.1, 0.15) is 18.9 Å². The van der Waals surface area contributed by atoms with Gasteiger partial charge in [0.25, 0.3) is 0 Å². The molecule has 1 unspecified atom stereocenters. The lowest BCUT2D eigenvalue weighted by molar-refractivity contribution is -0.151. The molecule has 1 aliphatic heterocycles. The Hall–Kier alpha value is -1.42. The molecule has 0 radical (unpaired) electrons. The third-order valence-corrected chi connectivity index (χ3v) is 2.93. The third-order valence-electron chi connectivity index (χ3n) is 2.93. The Labute approximate surface area is 100 Å². The zero-order valence-corrected chi connectivity index (χ0v) is 9.86. The fraction of sp³-hybridized carbons (Fsp3) is 0.462. The molecule has 1 saturated heterocycles. The van der Waals surface area contributed by atoms with E-state index in [0.717, 1.165) is 18.5 Å². The highest BCUT2D eigenvalue weighted by atomic mass is 19.1. The van der Waals surface area contributed by atoms with Crippen LogP contribution in [-0.4, -0.2) is 30.2 Å². The minimum Gasteiger partial charge on any atom is -0.359 e. The second-order valence-electron chi connectivity index (χ2n) is 4.21. The van der Waals surface area contributed by atoms with Crippen LogP contribution in [0.5, 0.6) is 0 Å². The van der Waals surface area contributed by atoms with Crippen molar-refractivity contribution in [3.8, 4) is 0 Å². The summed E-state index contributed by atoms with van der Waals surface area (Å²) in [6.07, 6.45) is 1.02. The van der Waals surface area contributed by atoms with E-state index >= 15 is 0 Å². The lowest BCUT2D eigenvalue weighted by Crippen LogP contribution is -2.45. The number of ether oxygens (including phenoxy) is 1. The molecule has 2 rings (SSSR count). The van der Waals surface area contributed by atoms with Crippen molar-refractivity contribution in [2.24, 2.45) is 0 Å². The van der Waals surface area contributed by atoms with Gasteiger partial charge in [-0.3, -0.25) is 4.79 Å². The lowest BCUT2D eigenvalue weighted by Gasteiger charge is -2.33. The minimum absolute atomic E-state index is 0.0313. The van der Waals surface area contributed by atoms with Gasteiger partial charge in [-0.25, -0.2) is 4.39 Å². The SMILES string of the molecule is CC1OCCCN1C(=O)Cc1ccc(F)cc1. The monoisotopic (exact) mass is 237 g/mol. The zero-order chi connectivity index (χ0) is 12.3. The predicted molar refractivity (Wildman–Crippen MR) is 61.8 cm³/mol. The molecule has 1 aromatic carbocycles. The molecule has 1 aromatic rings. The van der Waals surface area contributed by atoms with Crippen molar-refractivity contribution in [3.05, 3.63) is 35.6 Å². The van der Waals surface area contributed by atoms with Crippen LogP contribution >= 0.6 is 0 Å². The molecule has 4 heteroatoms. The molecule has 1 amide bonds. The van der Waals surface area contributed by atoms with E-state index in [1.807, 2.05) is 6.92 Å². The van der Waals surface area contributed by atoms with Gasteiger partial charge in [-0.1, -0.05) is 12.1 Å². The van der Waals surface area contributed by atoms with Crippen molar-refractivity contribution in [2.45, 2.75) is 26.0 Å². The molecule has 0 aromatic heterocycles. The van der Waals surface area contributed by atoms with Gasteiger partial charge in [0.2, 0.25) is 5.91 Å². The normalized spacial score (nSPS) is 20.4. The van der Waals surface area contributed by atoms with Gasteiger partial charge in [-0.05, 0) is 31.0 Å². The van der Waals surface area contributed by atoms with Crippen LogP contribution in [0.25, 0.3) is 0 Å². The zero-order valence-electron chi connectivity index (χ0n) is 9.86. The van der Waals surface area contributed by atoms with Crippen LogP contribution in [0.15, 0.2) is 24.3 Å². The summed E-state index contributed by atoms with van der Waals surface area (Å²) in [7, 11) is 0. The van der Waals surface area contributed by atoms with Crippen molar-refractivity contribution < 1.29 is 13.9 Å². The molecular weight excluding hydrogens is 221 g/mol. The highest BCUT2D eigenvalue weighted by Gasteiger charge is 2.23. The minimum atomic E-state index is -0.282. The molecule has 0 N–H and O–H groups in total. The highest BCUT2D eigenvalue weighted by molar-refractivity contribution is 5.79. The average molecular weight is 237 g/mol. The van der Waals surface area contributed by atoms with Gasteiger partial charge in [-0.2, -0.15) is 0 Å². The van der Waals surface area contributed by atoms with Crippen molar-refractivity contribution >= 4 is 5.91 Å². The molecular formula is C13H16FNO2. The number of nitrogens with zero attached hydrogens (tertiary/aromatic N) is 1. The van der Waals surface area contributed by atoms with E-state index in [1.54, 1.807) is 17.0 Å². The van der Waals surface area contributed by atoms with E-state index in [-0.39, 0.29) is 18.0 Å². The van der Waals surface area contributed by atoms with Crippen molar-refractivity contribution in [1.82, 2.24) is 4.90 Å². The lowest BCUT2D eigenvalue weighted by atomic mass is 10.1.